The number of nitrogens with one attached hydrogen (secondary N) is 3. The van der Waals surface area contributed by atoms with Crippen LogP contribution in [-0.4, -0.2) is 66.1 Å². The summed E-state index contributed by atoms with van der Waals surface area (Å²) in [6.45, 7) is 2.61. The molecule has 0 spiro atoms. The van der Waals surface area contributed by atoms with Gasteiger partial charge < -0.3 is 20.1 Å². The molecule has 3 N–H and O–H groups in total. The van der Waals surface area contributed by atoms with Crippen LogP contribution in [0.1, 0.15) is 25.7 Å². The molecule has 1 aliphatic heterocycles. The Morgan fingerprint density at radius 1 is 1.21 bits per heavy atom. The summed E-state index contributed by atoms with van der Waals surface area (Å²) in [7, 11) is -1.68. The van der Waals surface area contributed by atoms with E-state index in [1.165, 1.54) is 0 Å². The highest BCUT2D eigenvalue weighted by atomic mass is 32.2. The normalized spacial score (nSPS) is 17.9. The van der Waals surface area contributed by atoms with Crippen LogP contribution in [0.5, 0.6) is 5.75 Å². The molecule has 9 heteroatoms. The maximum Gasteiger partial charge on any atom is 0.213 e. The van der Waals surface area contributed by atoms with E-state index in [2.05, 4.69) is 20.3 Å². The molecule has 0 aliphatic carbocycles. The molecule has 158 valence electrons. The van der Waals surface area contributed by atoms with Gasteiger partial charge in [-0.1, -0.05) is 18.2 Å². The van der Waals surface area contributed by atoms with Crippen molar-refractivity contribution in [1.82, 2.24) is 15.4 Å². The van der Waals surface area contributed by atoms with Crippen LogP contribution < -0.4 is 20.1 Å². The van der Waals surface area contributed by atoms with Gasteiger partial charge in [0.05, 0.1) is 18.5 Å². The van der Waals surface area contributed by atoms with E-state index in [9.17, 15) is 8.42 Å². The summed E-state index contributed by atoms with van der Waals surface area (Å²) in [6, 6.07) is 9.66. The van der Waals surface area contributed by atoms with Gasteiger partial charge in [-0.3, -0.25) is 4.99 Å². The Morgan fingerprint density at radius 3 is 2.71 bits per heavy atom. The number of nitrogens with zero attached hydrogens (tertiary/aromatic N) is 1. The molecule has 1 heterocycles. The zero-order valence-electron chi connectivity index (χ0n) is 16.5. The molecule has 0 radical (unpaired) electrons. The number of hydrogen-bond donors (Lipinski definition) is 3. The first kappa shape index (κ1) is 22.4. The van der Waals surface area contributed by atoms with Gasteiger partial charge in [-0.15, -0.1) is 0 Å². The first-order valence-corrected chi connectivity index (χ1v) is 11.5. The number of rotatable bonds is 11. The minimum absolute atomic E-state index is 0.0102. The molecular formula is C19H32N4O4S. The molecule has 0 bridgehead atoms. The molecule has 1 atom stereocenters. The van der Waals surface area contributed by atoms with E-state index in [-0.39, 0.29) is 18.4 Å². The minimum atomic E-state index is -3.34. The van der Waals surface area contributed by atoms with Crippen molar-refractivity contribution in [2.45, 2.75) is 31.8 Å². The maximum absolute atomic E-state index is 12.1. The van der Waals surface area contributed by atoms with Crippen molar-refractivity contribution in [2.75, 3.05) is 45.6 Å². The van der Waals surface area contributed by atoms with Crippen LogP contribution in [0, 0.1) is 0 Å². The molecule has 0 saturated carbocycles. The summed E-state index contributed by atoms with van der Waals surface area (Å²) in [4.78, 5) is 4.10. The highest BCUT2D eigenvalue weighted by molar-refractivity contribution is 7.89. The Hall–Kier alpha value is -1.84. The predicted octanol–water partition coefficient (Wildman–Crippen LogP) is 1.11. The number of guanidine groups is 1. The third-order valence-electron chi connectivity index (χ3n) is 4.32. The van der Waals surface area contributed by atoms with Gasteiger partial charge in [0.1, 0.15) is 5.75 Å². The molecule has 0 amide bonds. The lowest BCUT2D eigenvalue weighted by Gasteiger charge is -2.22. The van der Waals surface area contributed by atoms with Crippen LogP contribution in [0.15, 0.2) is 35.3 Å². The second-order valence-corrected chi connectivity index (χ2v) is 8.52. The topological polar surface area (TPSA) is 101 Å². The third kappa shape index (κ3) is 9.38. The molecule has 1 aliphatic rings. The highest BCUT2D eigenvalue weighted by Gasteiger charge is 2.17. The molecule has 1 fully saturated rings. The van der Waals surface area contributed by atoms with Crippen molar-refractivity contribution < 1.29 is 17.9 Å². The molecule has 28 heavy (non-hydrogen) atoms. The third-order valence-corrected chi connectivity index (χ3v) is 5.67. The van der Waals surface area contributed by atoms with Crippen LogP contribution in [0.4, 0.5) is 0 Å². The first-order valence-electron chi connectivity index (χ1n) is 9.80. The van der Waals surface area contributed by atoms with E-state index in [0.29, 0.717) is 32.3 Å². The van der Waals surface area contributed by atoms with E-state index >= 15 is 0 Å². The Bertz CT molecular complexity index is 676. The second kappa shape index (κ2) is 12.6. The van der Waals surface area contributed by atoms with Gasteiger partial charge in [0.2, 0.25) is 10.0 Å². The average molecular weight is 413 g/mol. The summed E-state index contributed by atoms with van der Waals surface area (Å²) < 4.78 is 38.0. The number of para-hydroxylation sites is 1. The lowest BCUT2D eigenvalue weighted by Crippen LogP contribution is -2.43. The van der Waals surface area contributed by atoms with Gasteiger partial charge in [0.25, 0.3) is 0 Å². The van der Waals surface area contributed by atoms with E-state index < -0.39 is 10.0 Å². The number of benzene rings is 1. The van der Waals surface area contributed by atoms with Gasteiger partial charge in [-0.2, -0.15) is 0 Å². The predicted molar refractivity (Wildman–Crippen MR) is 111 cm³/mol. The van der Waals surface area contributed by atoms with E-state index in [1.807, 2.05) is 30.3 Å². The number of hydrogen-bond acceptors (Lipinski definition) is 5. The smallest absolute Gasteiger partial charge is 0.213 e. The molecule has 1 saturated heterocycles. The monoisotopic (exact) mass is 412 g/mol. The maximum atomic E-state index is 12.1. The van der Waals surface area contributed by atoms with E-state index in [0.717, 1.165) is 31.4 Å². The van der Waals surface area contributed by atoms with Crippen LogP contribution in [0.25, 0.3) is 0 Å². The fourth-order valence-corrected chi connectivity index (χ4v) is 3.73. The van der Waals surface area contributed by atoms with Crippen molar-refractivity contribution in [3.63, 3.8) is 0 Å². The Morgan fingerprint density at radius 2 is 2.00 bits per heavy atom. The van der Waals surface area contributed by atoms with Gasteiger partial charge in [0.15, 0.2) is 5.96 Å². The molecule has 1 unspecified atom stereocenters. The van der Waals surface area contributed by atoms with Crippen LogP contribution in [0.3, 0.4) is 0 Å². The molecule has 0 aromatic heterocycles. The van der Waals surface area contributed by atoms with Crippen molar-refractivity contribution in [3.8, 4) is 5.75 Å². The van der Waals surface area contributed by atoms with Crippen molar-refractivity contribution in [1.29, 1.82) is 0 Å². The number of sulfonamides is 1. The molecule has 1 aromatic rings. The van der Waals surface area contributed by atoms with Gasteiger partial charge in [0, 0.05) is 33.3 Å². The van der Waals surface area contributed by atoms with Crippen LogP contribution in [-0.2, 0) is 14.8 Å². The van der Waals surface area contributed by atoms with Gasteiger partial charge in [-0.25, -0.2) is 13.1 Å². The fourth-order valence-electron chi connectivity index (χ4n) is 2.77. The summed E-state index contributed by atoms with van der Waals surface area (Å²) in [5, 5.41) is 6.17. The molecular weight excluding hydrogens is 380 g/mol. The Balaban J connectivity index is 1.55. The zero-order chi connectivity index (χ0) is 20.1. The molecule has 8 nitrogen and oxygen atoms in total. The standard InChI is InChI=1S/C19H32N4O4S/c1-20-19(21-11-7-14-26-17-8-3-2-4-9-17)22-12-15-28(24,25)23-16-18-10-5-6-13-27-18/h2-4,8-9,18,23H,5-7,10-16H2,1H3,(H2,20,21,22). The fraction of sp³-hybridized carbons (Fsp3) is 0.632. The Labute approximate surface area is 168 Å². The van der Waals surface area contributed by atoms with E-state index in [4.69, 9.17) is 9.47 Å². The lowest BCUT2D eigenvalue weighted by molar-refractivity contribution is 0.0200. The lowest BCUT2D eigenvalue weighted by atomic mass is 10.1. The number of ether oxygens (including phenoxy) is 2. The summed E-state index contributed by atoms with van der Waals surface area (Å²) in [5.74, 6) is 1.41. The highest BCUT2D eigenvalue weighted by Crippen LogP contribution is 2.11. The van der Waals surface area contributed by atoms with Gasteiger partial charge >= 0.3 is 0 Å². The van der Waals surface area contributed by atoms with Crippen molar-refractivity contribution in [3.05, 3.63) is 30.3 Å². The zero-order valence-corrected chi connectivity index (χ0v) is 17.3. The van der Waals surface area contributed by atoms with Crippen molar-refractivity contribution in [2.24, 2.45) is 4.99 Å². The van der Waals surface area contributed by atoms with Gasteiger partial charge in [-0.05, 0) is 37.8 Å². The summed E-state index contributed by atoms with van der Waals surface area (Å²) in [5.41, 5.74) is 0. The molecule has 2 rings (SSSR count). The Kier molecular flexibility index (Phi) is 10.1. The summed E-state index contributed by atoms with van der Waals surface area (Å²) >= 11 is 0. The quantitative estimate of drug-likeness (QED) is 0.286. The van der Waals surface area contributed by atoms with E-state index in [1.54, 1.807) is 7.05 Å². The van der Waals surface area contributed by atoms with Crippen LogP contribution >= 0.6 is 0 Å². The SMILES string of the molecule is CN=C(NCCCOc1ccccc1)NCCS(=O)(=O)NCC1CCCCO1. The second-order valence-electron chi connectivity index (χ2n) is 6.60. The minimum Gasteiger partial charge on any atom is -0.494 e. The average Bonchev–Trinajstić information content (AvgIpc) is 2.72. The first-order chi connectivity index (χ1) is 13.6. The largest absolute Gasteiger partial charge is 0.494 e. The number of aliphatic imine (C=N–C) groups is 1. The molecule has 1 aromatic carbocycles. The summed E-state index contributed by atoms with van der Waals surface area (Å²) in [6.07, 6.45) is 3.84. The van der Waals surface area contributed by atoms with Crippen molar-refractivity contribution >= 4 is 16.0 Å². The van der Waals surface area contributed by atoms with Crippen LogP contribution in [0.2, 0.25) is 0 Å².